The Kier molecular flexibility index (Phi) is 8.63. The molecule has 0 aliphatic carbocycles. The SMILES string of the molecule is CN(C)C1CCCN(C(=O)C2CSCN2)C1.Cl.Cl. The van der Waals surface area contributed by atoms with Crippen LogP contribution in [0.2, 0.25) is 0 Å². The van der Waals surface area contributed by atoms with E-state index < -0.39 is 0 Å². The molecular weight excluding hydrogens is 293 g/mol. The second kappa shape index (κ2) is 8.48. The van der Waals surface area contributed by atoms with Gasteiger partial charge in [0.15, 0.2) is 0 Å². The summed E-state index contributed by atoms with van der Waals surface area (Å²) in [5.41, 5.74) is 0. The number of likely N-dealkylation sites (N-methyl/N-ethyl adjacent to an activating group) is 1. The summed E-state index contributed by atoms with van der Waals surface area (Å²) in [4.78, 5) is 16.5. The van der Waals surface area contributed by atoms with Crippen molar-refractivity contribution in [2.45, 2.75) is 24.9 Å². The minimum absolute atomic E-state index is 0. The van der Waals surface area contributed by atoms with E-state index in [1.54, 1.807) is 0 Å². The number of piperidine rings is 1. The summed E-state index contributed by atoms with van der Waals surface area (Å²) in [6, 6.07) is 0.595. The highest BCUT2D eigenvalue weighted by molar-refractivity contribution is 7.99. The van der Waals surface area contributed by atoms with Gasteiger partial charge in [-0.05, 0) is 26.9 Å². The Morgan fingerprint density at radius 3 is 2.67 bits per heavy atom. The van der Waals surface area contributed by atoms with Crippen LogP contribution in [0.1, 0.15) is 12.8 Å². The minimum Gasteiger partial charge on any atom is -0.340 e. The molecule has 18 heavy (non-hydrogen) atoms. The predicted molar refractivity (Wildman–Crippen MR) is 82.0 cm³/mol. The number of nitrogens with zero attached hydrogens (tertiary/aromatic N) is 2. The normalized spacial score (nSPS) is 27.6. The van der Waals surface area contributed by atoms with Crippen LogP contribution in [-0.2, 0) is 4.79 Å². The van der Waals surface area contributed by atoms with Crippen molar-refractivity contribution in [1.29, 1.82) is 0 Å². The van der Waals surface area contributed by atoms with Crippen molar-refractivity contribution in [2.24, 2.45) is 0 Å². The molecule has 4 nitrogen and oxygen atoms in total. The van der Waals surface area contributed by atoms with Crippen LogP contribution in [-0.4, -0.2) is 66.6 Å². The molecule has 0 radical (unpaired) electrons. The Morgan fingerprint density at radius 2 is 2.11 bits per heavy atom. The van der Waals surface area contributed by atoms with Gasteiger partial charge < -0.3 is 9.80 Å². The molecule has 0 aromatic heterocycles. The average Bonchev–Trinajstić information content (AvgIpc) is 2.81. The predicted octanol–water partition coefficient (Wildman–Crippen LogP) is 1.05. The van der Waals surface area contributed by atoms with E-state index in [-0.39, 0.29) is 30.9 Å². The summed E-state index contributed by atoms with van der Waals surface area (Å²) in [6.45, 7) is 1.83. The molecule has 108 valence electrons. The molecule has 1 N–H and O–H groups in total. The lowest BCUT2D eigenvalue weighted by Gasteiger charge is -2.37. The molecule has 2 heterocycles. The van der Waals surface area contributed by atoms with Crippen LogP contribution in [0.4, 0.5) is 0 Å². The van der Waals surface area contributed by atoms with Crippen LogP contribution >= 0.6 is 36.6 Å². The Labute approximate surface area is 126 Å². The van der Waals surface area contributed by atoms with Crippen molar-refractivity contribution >= 4 is 42.5 Å². The van der Waals surface area contributed by atoms with Gasteiger partial charge in [0.25, 0.3) is 0 Å². The van der Waals surface area contributed by atoms with Gasteiger partial charge in [-0.25, -0.2) is 0 Å². The number of carbonyl (C=O) groups excluding carboxylic acids is 1. The molecule has 0 aromatic rings. The van der Waals surface area contributed by atoms with Crippen LogP contribution in [0.5, 0.6) is 0 Å². The topological polar surface area (TPSA) is 35.6 Å². The molecule has 2 saturated heterocycles. The third kappa shape index (κ3) is 4.46. The molecule has 7 heteroatoms. The van der Waals surface area contributed by atoms with Crippen molar-refractivity contribution < 1.29 is 4.79 Å². The first-order chi connectivity index (χ1) is 7.68. The highest BCUT2D eigenvalue weighted by Gasteiger charge is 2.31. The van der Waals surface area contributed by atoms with Gasteiger partial charge in [0.1, 0.15) is 0 Å². The zero-order valence-corrected chi connectivity index (χ0v) is 13.4. The third-order valence-electron chi connectivity index (χ3n) is 3.45. The van der Waals surface area contributed by atoms with E-state index in [0.29, 0.717) is 11.9 Å². The van der Waals surface area contributed by atoms with Crippen molar-refractivity contribution in [2.75, 3.05) is 38.8 Å². The summed E-state index contributed by atoms with van der Waals surface area (Å²) in [6.07, 6.45) is 2.35. The second-order valence-electron chi connectivity index (χ2n) is 4.82. The van der Waals surface area contributed by atoms with Crippen molar-refractivity contribution in [3.8, 4) is 0 Å². The number of halogens is 2. The highest BCUT2D eigenvalue weighted by Crippen LogP contribution is 2.17. The van der Waals surface area contributed by atoms with Gasteiger partial charge in [0.2, 0.25) is 5.91 Å². The smallest absolute Gasteiger partial charge is 0.240 e. The maximum absolute atomic E-state index is 12.2. The number of thioether (sulfide) groups is 1. The fourth-order valence-corrected chi connectivity index (χ4v) is 3.28. The van der Waals surface area contributed by atoms with Crippen molar-refractivity contribution in [3.05, 3.63) is 0 Å². The van der Waals surface area contributed by atoms with Crippen LogP contribution in [0, 0.1) is 0 Å². The lowest BCUT2D eigenvalue weighted by molar-refractivity contribution is -0.134. The molecule has 2 fully saturated rings. The number of likely N-dealkylation sites (tertiary alicyclic amines) is 1. The molecule has 2 aliphatic heterocycles. The van der Waals surface area contributed by atoms with E-state index >= 15 is 0 Å². The molecule has 2 unspecified atom stereocenters. The number of nitrogens with one attached hydrogen (secondary N) is 1. The fraction of sp³-hybridized carbons (Fsp3) is 0.909. The lowest BCUT2D eigenvalue weighted by atomic mass is 10.0. The standard InChI is InChI=1S/C11H21N3OS.2ClH/c1-13(2)9-4-3-5-14(6-9)11(15)10-7-16-8-12-10;;/h9-10,12H,3-8H2,1-2H3;2*1H. The fourth-order valence-electron chi connectivity index (χ4n) is 2.35. The Bertz CT molecular complexity index is 263. The molecule has 0 spiro atoms. The van der Waals surface area contributed by atoms with Gasteiger partial charge in [-0.3, -0.25) is 10.1 Å². The highest BCUT2D eigenvalue weighted by atomic mass is 35.5. The molecule has 0 bridgehead atoms. The lowest BCUT2D eigenvalue weighted by Crippen LogP contribution is -2.52. The quantitative estimate of drug-likeness (QED) is 0.826. The molecule has 0 saturated carbocycles. The summed E-state index contributed by atoms with van der Waals surface area (Å²) < 4.78 is 0. The Morgan fingerprint density at radius 1 is 1.39 bits per heavy atom. The Hall–Kier alpha value is 0.320. The van der Waals surface area contributed by atoms with Gasteiger partial charge in [-0.1, -0.05) is 0 Å². The monoisotopic (exact) mass is 315 g/mol. The maximum Gasteiger partial charge on any atom is 0.240 e. The number of amides is 1. The zero-order valence-electron chi connectivity index (χ0n) is 10.9. The summed E-state index contributed by atoms with van der Waals surface area (Å²) in [5.74, 6) is 2.15. The third-order valence-corrected chi connectivity index (χ3v) is 4.39. The van der Waals surface area contributed by atoms with Gasteiger partial charge in [-0.15, -0.1) is 36.6 Å². The van der Waals surface area contributed by atoms with E-state index in [1.807, 2.05) is 16.7 Å². The molecule has 2 rings (SSSR count). The summed E-state index contributed by atoms with van der Waals surface area (Å²) >= 11 is 1.81. The zero-order chi connectivity index (χ0) is 11.5. The van der Waals surface area contributed by atoms with Crippen LogP contribution in [0.3, 0.4) is 0 Å². The molecular formula is C11H23Cl2N3OS. The number of rotatable bonds is 2. The van der Waals surface area contributed by atoms with E-state index in [0.717, 1.165) is 31.1 Å². The first kappa shape index (κ1) is 18.3. The van der Waals surface area contributed by atoms with Gasteiger partial charge in [0.05, 0.1) is 6.04 Å². The molecule has 2 atom stereocenters. The van der Waals surface area contributed by atoms with Crippen molar-refractivity contribution in [1.82, 2.24) is 15.1 Å². The number of hydrogen-bond acceptors (Lipinski definition) is 4. The Balaban J connectivity index is 0.00000144. The summed E-state index contributed by atoms with van der Waals surface area (Å²) in [5, 5.41) is 3.26. The van der Waals surface area contributed by atoms with E-state index in [9.17, 15) is 4.79 Å². The minimum atomic E-state index is 0. The van der Waals surface area contributed by atoms with E-state index in [2.05, 4.69) is 24.3 Å². The largest absolute Gasteiger partial charge is 0.340 e. The molecule has 1 amide bonds. The van der Waals surface area contributed by atoms with Crippen LogP contribution in [0.15, 0.2) is 0 Å². The second-order valence-corrected chi connectivity index (χ2v) is 5.85. The number of carbonyl (C=O) groups is 1. The molecule has 2 aliphatic rings. The van der Waals surface area contributed by atoms with E-state index in [1.165, 1.54) is 6.42 Å². The van der Waals surface area contributed by atoms with Crippen LogP contribution in [0.25, 0.3) is 0 Å². The van der Waals surface area contributed by atoms with Gasteiger partial charge in [-0.2, -0.15) is 0 Å². The van der Waals surface area contributed by atoms with Gasteiger partial charge in [0, 0.05) is 30.8 Å². The summed E-state index contributed by atoms with van der Waals surface area (Å²) in [7, 11) is 4.20. The van der Waals surface area contributed by atoms with E-state index in [4.69, 9.17) is 0 Å². The maximum atomic E-state index is 12.2. The molecule has 0 aromatic carbocycles. The van der Waals surface area contributed by atoms with Crippen molar-refractivity contribution in [3.63, 3.8) is 0 Å². The van der Waals surface area contributed by atoms with Crippen LogP contribution < -0.4 is 5.32 Å². The number of hydrogen-bond donors (Lipinski definition) is 1. The first-order valence-corrected chi connectivity index (χ1v) is 7.10. The van der Waals surface area contributed by atoms with Gasteiger partial charge >= 0.3 is 0 Å². The average molecular weight is 316 g/mol. The first-order valence-electron chi connectivity index (χ1n) is 5.95.